The van der Waals surface area contributed by atoms with Gasteiger partial charge < -0.3 is 10.2 Å². The van der Waals surface area contributed by atoms with Crippen LogP contribution in [-0.4, -0.2) is 73.5 Å². The van der Waals surface area contributed by atoms with Gasteiger partial charge in [-0.2, -0.15) is 5.10 Å². The van der Waals surface area contributed by atoms with E-state index in [0.29, 0.717) is 55.4 Å². The molecule has 0 amide bonds. The largest absolute Gasteiger partial charge is 0.477 e. The Bertz CT molecular complexity index is 3090. The Morgan fingerprint density at radius 2 is 1.12 bits per heavy atom. The highest BCUT2D eigenvalue weighted by molar-refractivity contribution is 7.85. The first-order valence-electron chi connectivity index (χ1n) is 19.0. The SMILES string of the molecule is C.NNc1nc2ccccc2s1.O=C(O)c1cccc(-c2ccc3c(c2)/C(=N/Nc2nc4ccccc4s2)CCS3=O)n1.O=C(O)c1cccc(-c2ccc3c(c2)C(=O)CCS3=O)n1. The van der Waals surface area contributed by atoms with Crippen molar-refractivity contribution in [3.05, 3.63) is 144 Å². The number of fused-ring (bicyclic) bond motifs is 4. The molecular formula is C45H38N8O7S4. The quantitative estimate of drug-likeness (QED) is 0.0742. The number of Topliss-reactive ketones (excluding diaryl/α,β-unsaturated/α-hetero) is 1. The Balaban J connectivity index is 0.000000159. The van der Waals surface area contributed by atoms with Crippen molar-refractivity contribution in [2.75, 3.05) is 22.4 Å². The number of carbonyl (C=O) groups excluding carboxylic acids is 1. The van der Waals surface area contributed by atoms with Crippen LogP contribution in [0.5, 0.6) is 0 Å². The lowest BCUT2D eigenvalue weighted by Gasteiger charge is -2.18. The molecule has 4 aromatic carbocycles. The normalized spacial score (nSPS) is 15.6. The van der Waals surface area contributed by atoms with E-state index in [1.165, 1.54) is 23.5 Å². The van der Waals surface area contributed by atoms with E-state index in [9.17, 15) is 27.9 Å². The summed E-state index contributed by atoms with van der Waals surface area (Å²) in [5.41, 5.74) is 11.8. The summed E-state index contributed by atoms with van der Waals surface area (Å²) in [6.45, 7) is 0. The fourth-order valence-corrected chi connectivity index (χ4v) is 10.7. The monoisotopic (exact) mass is 930 g/mol. The van der Waals surface area contributed by atoms with E-state index in [-0.39, 0.29) is 31.0 Å². The highest BCUT2D eigenvalue weighted by atomic mass is 32.2. The van der Waals surface area contributed by atoms with E-state index in [1.54, 1.807) is 53.8 Å². The predicted molar refractivity (Wildman–Crippen MR) is 253 cm³/mol. The molecule has 2 aliphatic rings. The van der Waals surface area contributed by atoms with Crippen LogP contribution in [0.3, 0.4) is 0 Å². The molecule has 0 fully saturated rings. The molecule has 64 heavy (non-hydrogen) atoms. The van der Waals surface area contributed by atoms with Gasteiger partial charge in [0.2, 0.25) is 5.13 Å². The molecule has 2 unspecified atom stereocenters. The smallest absolute Gasteiger partial charge is 0.354 e. The minimum Gasteiger partial charge on any atom is -0.477 e. The summed E-state index contributed by atoms with van der Waals surface area (Å²) in [6, 6.07) is 35.9. The number of nitrogens with two attached hydrogens (primary N) is 1. The lowest BCUT2D eigenvalue weighted by atomic mass is 10.0. The summed E-state index contributed by atoms with van der Waals surface area (Å²) in [5.74, 6) is 3.84. The molecule has 10 rings (SSSR count). The van der Waals surface area contributed by atoms with Crippen LogP contribution < -0.4 is 16.7 Å². The Morgan fingerprint density at radius 3 is 1.67 bits per heavy atom. The van der Waals surface area contributed by atoms with Gasteiger partial charge in [-0.15, -0.1) is 0 Å². The molecule has 0 spiro atoms. The number of carboxylic acid groups (broad SMARTS) is 2. The number of pyridine rings is 2. The summed E-state index contributed by atoms with van der Waals surface area (Å²) in [5, 5.41) is 24.2. The summed E-state index contributed by atoms with van der Waals surface area (Å²) in [4.78, 5) is 52.4. The number of nitrogens with zero attached hydrogens (tertiary/aromatic N) is 5. The second-order valence-electron chi connectivity index (χ2n) is 13.7. The maximum atomic E-state index is 12.5. The van der Waals surface area contributed by atoms with Crippen molar-refractivity contribution in [3.8, 4) is 22.5 Å². The number of carbonyl (C=O) groups is 3. The minimum atomic E-state index is -1.15. The first-order chi connectivity index (χ1) is 30.5. The number of benzene rings is 4. The third-order valence-corrected chi connectivity index (χ3v) is 14.4. The molecule has 0 radical (unpaired) electrons. The topological polar surface area (TPSA) is 240 Å². The van der Waals surface area contributed by atoms with Crippen molar-refractivity contribution < 1.29 is 33.0 Å². The molecular weight excluding hydrogens is 893 g/mol. The first-order valence-corrected chi connectivity index (χ1v) is 23.3. The van der Waals surface area contributed by atoms with Crippen molar-refractivity contribution in [1.29, 1.82) is 0 Å². The van der Waals surface area contributed by atoms with E-state index in [0.717, 1.165) is 42.4 Å². The van der Waals surface area contributed by atoms with Crippen LogP contribution in [0.1, 0.15) is 57.2 Å². The van der Waals surface area contributed by atoms with Gasteiger partial charge in [0.25, 0.3) is 0 Å². The Kier molecular flexibility index (Phi) is 14.2. The van der Waals surface area contributed by atoms with E-state index in [2.05, 4.69) is 35.9 Å². The fraction of sp³-hybridized carbons (Fsp3) is 0.111. The van der Waals surface area contributed by atoms with Gasteiger partial charge in [-0.25, -0.2) is 35.4 Å². The molecule has 15 nitrogen and oxygen atoms in total. The molecule has 0 saturated carbocycles. The molecule has 0 aliphatic carbocycles. The second kappa shape index (κ2) is 20.1. The molecule has 6 N–H and O–H groups in total. The van der Waals surface area contributed by atoms with Gasteiger partial charge in [0.05, 0.1) is 59.1 Å². The highest BCUT2D eigenvalue weighted by Gasteiger charge is 2.24. The number of nitrogen functional groups attached to an aromatic ring is 1. The number of para-hydroxylation sites is 2. The third kappa shape index (κ3) is 10.1. The average molecular weight is 931 g/mol. The standard InChI is InChI=1S/C22H16N4O3S2.C15H11NO4S.C7H7N3S.CH4/c27-21(28)18-6-3-5-15(23-18)13-8-9-20-14(12-13)16(10-11-31(20)29)25-26-22-24-17-4-1-2-7-19(17)30-22;17-13-6-7-21(20)14-5-4-9(8-10(13)14)11-2-1-3-12(16-11)15(18)19;8-10-7-9-5-3-1-2-4-6(5)11-7;/h1-9,12H,10-11H2,(H,24,26)(H,27,28);1-5,8H,6-7H2,(H,18,19);1-4H,8H2,(H,9,10);1H4/b25-16+;;;. The number of carboxylic acids is 2. The summed E-state index contributed by atoms with van der Waals surface area (Å²) >= 11 is 3.07. The van der Waals surface area contributed by atoms with Crippen molar-refractivity contribution in [2.24, 2.45) is 10.9 Å². The Morgan fingerprint density at radius 1 is 0.625 bits per heavy atom. The van der Waals surface area contributed by atoms with Crippen molar-refractivity contribution in [2.45, 2.75) is 30.1 Å². The zero-order valence-corrected chi connectivity index (χ0v) is 36.0. The van der Waals surface area contributed by atoms with Gasteiger partial charge >= 0.3 is 11.9 Å². The van der Waals surface area contributed by atoms with E-state index >= 15 is 0 Å². The number of hydrazine groups is 1. The van der Waals surface area contributed by atoms with Gasteiger partial charge in [-0.1, -0.05) is 78.6 Å². The number of hydrogen-bond acceptors (Lipinski definition) is 15. The van der Waals surface area contributed by atoms with Crippen LogP contribution in [0, 0.1) is 0 Å². The maximum absolute atomic E-state index is 12.5. The molecule has 19 heteroatoms. The van der Waals surface area contributed by atoms with Crippen LogP contribution in [0.25, 0.3) is 42.9 Å². The van der Waals surface area contributed by atoms with Gasteiger partial charge in [-0.05, 0) is 72.8 Å². The van der Waals surface area contributed by atoms with Gasteiger partial charge in [0, 0.05) is 56.4 Å². The molecule has 324 valence electrons. The number of ketones is 1. The van der Waals surface area contributed by atoms with Crippen LogP contribution in [0.15, 0.2) is 136 Å². The minimum absolute atomic E-state index is 0. The fourth-order valence-electron chi connectivity index (χ4n) is 6.60. The first kappa shape index (κ1) is 45.1. The molecule has 8 aromatic rings. The molecule has 2 atom stereocenters. The number of hydrazone groups is 1. The van der Waals surface area contributed by atoms with Crippen molar-refractivity contribution in [1.82, 2.24) is 19.9 Å². The lowest BCUT2D eigenvalue weighted by Crippen LogP contribution is -2.19. The number of rotatable bonds is 7. The molecule has 4 aromatic heterocycles. The van der Waals surface area contributed by atoms with E-state index < -0.39 is 33.5 Å². The lowest BCUT2D eigenvalue weighted by molar-refractivity contribution is 0.0680. The molecule has 6 heterocycles. The molecule has 0 bridgehead atoms. The Hall–Kier alpha value is -6.90. The Labute approximate surface area is 379 Å². The number of hydrogen-bond donors (Lipinski definition) is 5. The highest BCUT2D eigenvalue weighted by Crippen LogP contribution is 2.31. The molecule has 0 saturated heterocycles. The van der Waals surface area contributed by atoms with Crippen molar-refractivity contribution >= 4 is 98.4 Å². The third-order valence-electron chi connectivity index (χ3n) is 9.63. The number of nitrogens with one attached hydrogen (secondary N) is 2. The van der Waals surface area contributed by atoms with Gasteiger partial charge in [0.1, 0.15) is 11.4 Å². The van der Waals surface area contributed by atoms with Crippen LogP contribution >= 0.6 is 22.7 Å². The van der Waals surface area contributed by atoms with Crippen LogP contribution in [0.2, 0.25) is 0 Å². The predicted octanol–water partition coefficient (Wildman–Crippen LogP) is 8.74. The van der Waals surface area contributed by atoms with Crippen LogP contribution in [0.4, 0.5) is 10.3 Å². The van der Waals surface area contributed by atoms with E-state index in [4.69, 9.17) is 10.9 Å². The summed E-state index contributed by atoms with van der Waals surface area (Å²) in [7, 11) is -2.26. The summed E-state index contributed by atoms with van der Waals surface area (Å²) in [6.07, 6.45) is 0.829. The average Bonchev–Trinajstić information content (AvgIpc) is 3.94. The number of aromatic carboxylic acids is 2. The summed E-state index contributed by atoms with van der Waals surface area (Å²) < 4.78 is 26.7. The number of thiazole rings is 2. The number of anilines is 2. The number of aromatic nitrogens is 4. The molecule has 2 aliphatic heterocycles. The van der Waals surface area contributed by atoms with Crippen molar-refractivity contribution in [3.63, 3.8) is 0 Å². The zero-order chi connectivity index (χ0) is 44.0. The van der Waals surface area contributed by atoms with Gasteiger partial charge in [-0.3, -0.25) is 24.1 Å². The van der Waals surface area contributed by atoms with Gasteiger partial charge in [0.15, 0.2) is 10.9 Å². The maximum Gasteiger partial charge on any atom is 0.354 e. The second-order valence-corrected chi connectivity index (χ2v) is 18.8. The zero-order valence-electron chi connectivity index (χ0n) is 32.8. The van der Waals surface area contributed by atoms with Crippen LogP contribution in [-0.2, 0) is 21.6 Å². The van der Waals surface area contributed by atoms with E-state index in [1.807, 2.05) is 66.7 Å².